The molecule has 3 nitrogen and oxygen atoms in total. The summed E-state index contributed by atoms with van der Waals surface area (Å²) in [4.78, 5) is 4.30. The van der Waals surface area contributed by atoms with Gasteiger partial charge in [-0.3, -0.25) is 4.98 Å². The second kappa shape index (κ2) is 5.08. The van der Waals surface area contributed by atoms with Crippen LogP contribution in [0.25, 0.3) is 10.9 Å². The summed E-state index contributed by atoms with van der Waals surface area (Å²) in [6.45, 7) is 2.31. The maximum Gasteiger partial charge on any atom is 0.143 e. The van der Waals surface area contributed by atoms with Crippen LogP contribution in [-0.2, 0) is 0 Å². The molecule has 1 aromatic carbocycles. The zero-order valence-corrected chi connectivity index (χ0v) is 11.3. The molecule has 0 amide bonds. The molecule has 1 saturated carbocycles. The highest BCUT2D eigenvalue weighted by molar-refractivity contribution is 5.93. The first-order valence-electron chi connectivity index (χ1n) is 7.04. The van der Waals surface area contributed by atoms with Crippen molar-refractivity contribution in [1.29, 1.82) is 0 Å². The normalized spacial score (nSPS) is 23.4. The van der Waals surface area contributed by atoms with Gasteiger partial charge in [-0.2, -0.15) is 0 Å². The first-order chi connectivity index (χ1) is 9.24. The van der Waals surface area contributed by atoms with Crippen LogP contribution in [0.5, 0.6) is 5.75 Å². The predicted molar refractivity (Wildman–Crippen MR) is 78.2 cm³/mol. The van der Waals surface area contributed by atoms with Crippen LogP contribution in [0.15, 0.2) is 30.5 Å². The second-order valence-electron chi connectivity index (χ2n) is 5.55. The van der Waals surface area contributed by atoms with E-state index in [1.54, 1.807) is 6.20 Å². The minimum Gasteiger partial charge on any atom is -0.488 e. The molecule has 1 fully saturated rings. The van der Waals surface area contributed by atoms with Crippen molar-refractivity contribution in [1.82, 2.24) is 4.98 Å². The summed E-state index contributed by atoms with van der Waals surface area (Å²) in [5.74, 6) is 1.64. The smallest absolute Gasteiger partial charge is 0.143 e. The molecule has 0 unspecified atom stereocenters. The van der Waals surface area contributed by atoms with Crippen LogP contribution < -0.4 is 10.5 Å². The largest absolute Gasteiger partial charge is 0.488 e. The summed E-state index contributed by atoms with van der Waals surface area (Å²) in [6, 6.07) is 7.83. The monoisotopic (exact) mass is 256 g/mol. The molecule has 1 aliphatic rings. The third-order valence-corrected chi connectivity index (χ3v) is 4.04. The van der Waals surface area contributed by atoms with Crippen molar-refractivity contribution < 1.29 is 4.74 Å². The van der Waals surface area contributed by atoms with Crippen LogP contribution in [0.1, 0.15) is 32.6 Å². The van der Waals surface area contributed by atoms with E-state index < -0.39 is 0 Å². The number of anilines is 1. The number of hydrogen-bond acceptors (Lipinski definition) is 3. The Balaban J connectivity index is 1.83. The van der Waals surface area contributed by atoms with Crippen LogP contribution >= 0.6 is 0 Å². The van der Waals surface area contributed by atoms with Crippen LogP contribution in [0.3, 0.4) is 0 Å². The molecule has 0 saturated heterocycles. The standard InChI is InChI=1S/C16H20N2O/c1-11-4-6-12(7-5-11)19-15-9-8-14-13(16(15)17)3-2-10-18-14/h2-3,8-12H,4-7,17H2,1H3. The molecule has 0 radical (unpaired) electrons. The second-order valence-corrected chi connectivity index (χ2v) is 5.55. The molecular weight excluding hydrogens is 236 g/mol. The van der Waals surface area contributed by atoms with E-state index in [4.69, 9.17) is 10.5 Å². The summed E-state index contributed by atoms with van der Waals surface area (Å²) in [5, 5.41) is 0.976. The Kier molecular flexibility index (Phi) is 3.28. The van der Waals surface area contributed by atoms with E-state index in [-0.39, 0.29) is 0 Å². The molecule has 0 atom stereocenters. The highest BCUT2D eigenvalue weighted by Crippen LogP contribution is 2.33. The molecule has 0 bridgehead atoms. The number of rotatable bonds is 2. The quantitative estimate of drug-likeness (QED) is 0.832. The van der Waals surface area contributed by atoms with Crippen molar-refractivity contribution in [2.24, 2.45) is 5.92 Å². The minimum absolute atomic E-state index is 0.313. The van der Waals surface area contributed by atoms with E-state index in [0.717, 1.165) is 35.4 Å². The summed E-state index contributed by atoms with van der Waals surface area (Å²) in [6.07, 6.45) is 6.86. The molecule has 1 aliphatic carbocycles. The molecule has 0 spiro atoms. The number of nitrogens with two attached hydrogens (primary N) is 1. The molecule has 19 heavy (non-hydrogen) atoms. The molecule has 1 heterocycles. The third kappa shape index (κ3) is 2.50. The van der Waals surface area contributed by atoms with Crippen molar-refractivity contribution in [3.63, 3.8) is 0 Å². The van der Waals surface area contributed by atoms with E-state index in [9.17, 15) is 0 Å². The Morgan fingerprint density at radius 1 is 1.16 bits per heavy atom. The maximum absolute atomic E-state index is 6.20. The van der Waals surface area contributed by atoms with Gasteiger partial charge < -0.3 is 10.5 Å². The summed E-state index contributed by atoms with van der Waals surface area (Å²) < 4.78 is 6.09. The van der Waals surface area contributed by atoms with Crippen molar-refractivity contribution in [3.8, 4) is 5.75 Å². The number of nitrogens with zero attached hydrogens (tertiary/aromatic N) is 1. The molecule has 1 aromatic heterocycles. The Morgan fingerprint density at radius 2 is 1.95 bits per heavy atom. The van der Waals surface area contributed by atoms with Gasteiger partial charge in [-0.05, 0) is 55.9 Å². The average molecular weight is 256 g/mol. The first-order valence-corrected chi connectivity index (χ1v) is 7.04. The lowest BCUT2D eigenvalue weighted by molar-refractivity contribution is 0.136. The van der Waals surface area contributed by atoms with E-state index in [0.29, 0.717) is 11.8 Å². The molecule has 2 aromatic rings. The molecule has 3 heteroatoms. The van der Waals surface area contributed by atoms with Gasteiger partial charge in [0.2, 0.25) is 0 Å². The van der Waals surface area contributed by atoms with Gasteiger partial charge in [0.1, 0.15) is 5.75 Å². The van der Waals surface area contributed by atoms with Crippen molar-refractivity contribution in [3.05, 3.63) is 30.5 Å². The fourth-order valence-corrected chi connectivity index (χ4v) is 2.78. The number of pyridine rings is 1. The maximum atomic E-state index is 6.20. The first kappa shape index (κ1) is 12.3. The Morgan fingerprint density at radius 3 is 2.74 bits per heavy atom. The van der Waals surface area contributed by atoms with Gasteiger partial charge in [0, 0.05) is 11.6 Å². The number of aromatic nitrogens is 1. The van der Waals surface area contributed by atoms with Crippen LogP contribution in [0.4, 0.5) is 5.69 Å². The van der Waals surface area contributed by atoms with Gasteiger partial charge >= 0.3 is 0 Å². The number of benzene rings is 1. The Bertz CT molecular complexity index is 574. The van der Waals surface area contributed by atoms with E-state index in [2.05, 4.69) is 11.9 Å². The zero-order valence-electron chi connectivity index (χ0n) is 11.3. The summed E-state index contributed by atoms with van der Waals surface area (Å²) in [7, 11) is 0. The van der Waals surface area contributed by atoms with Gasteiger partial charge in [0.05, 0.1) is 17.3 Å². The molecule has 2 N–H and O–H groups in total. The predicted octanol–water partition coefficient (Wildman–Crippen LogP) is 3.77. The van der Waals surface area contributed by atoms with Crippen LogP contribution in [-0.4, -0.2) is 11.1 Å². The average Bonchev–Trinajstić information content (AvgIpc) is 2.45. The van der Waals surface area contributed by atoms with Crippen molar-refractivity contribution >= 4 is 16.6 Å². The van der Waals surface area contributed by atoms with E-state index >= 15 is 0 Å². The van der Waals surface area contributed by atoms with Crippen LogP contribution in [0.2, 0.25) is 0 Å². The SMILES string of the molecule is CC1CCC(Oc2ccc3ncccc3c2N)CC1. The summed E-state index contributed by atoms with van der Waals surface area (Å²) >= 11 is 0. The Hall–Kier alpha value is -1.77. The van der Waals surface area contributed by atoms with E-state index in [1.165, 1.54) is 12.8 Å². The highest BCUT2D eigenvalue weighted by atomic mass is 16.5. The summed E-state index contributed by atoms with van der Waals surface area (Å²) in [5.41, 5.74) is 7.83. The molecule has 0 aliphatic heterocycles. The van der Waals surface area contributed by atoms with Gasteiger partial charge in [-0.15, -0.1) is 0 Å². The van der Waals surface area contributed by atoms with Gasteiger partial charge in [0.15, 0.2) is 0 Å². The minimum atomic E-state index is 0.313. The number of ether oxygens (including phenoxy) is 1. The molecule has 3 rings (SSSR count). The van der Waals surface area contributed by atoms with Crippen molar-refractivity contribution in [2.45, 2.75) is 38.7 Å². The lowest BCUT2D eigenvalue weighted by atomic mass is 9.89. The molecular formula is C16H20N2O. The number of hydrogen-bond donors (Lipinski definition) is 1. The third-order valence-electron chi connectivity index (χ3n) is 4.04. The van der Waals surface area contributed by atoms with Crippen LogP contribution in [0, 0.1) is 5.92 Å². The topological polar surface area (TPSA) is 48.1 Å². The van der Waals surface area contributed by atoms with E-state index in [1.807, 2.05) is 24.3 Å². The lowest BCUT2D eigenvalue weighted by Gasteiger charge is -2.27. The molecule has 100 valence electrons. The van der Waals surface area contributed by atoms with Gasteiger partial charge in [-0.1, -0.05) is 6.92 Å². The fraction of sp³-hybridized carbons (Fsp3) is 0.438. The highest BCUT2D eigenvalue weighted by Gasteiger charge is 2.20. The number of nitrogen functional groups attached to an aromatic ring is 1. The van der Waals surface area contributed by atoms with Gasteiger partial charge in [0.25, 0.3) is 0 Å². The zero-order chi connectivity index (χ0) is 13.2. The van der Waals surface area contributed by atoms with Crippen molar-refractivity contribution in [2.75, 3.05) is 5.73 Å². The number of fused-ring (bicyclic) bond motifs is 1. The fourth-order valence-electron chi connectivity index (χ4n) is 2.78. The Labute approximate surface area is 113 Å². The lowest BCUT2D eigenvalue weighted by Crippen LogP contribution is -2.23. The van der Waals surface area contributed by atoms with Gasteiger partial charge in [-0.25, -0.2) is 0 Å².